The molecule has 0 aromatic heterocycles. The van der Waals surface area contributed by atoms with Crippen molar-refractivity contribution in [2.24, 2.45) is 5.41 Å². The van der Waals surface area contributed by atoms with Gasteiger partial charge in [-0.05, 0) is 36.1 Å². The van der Waals surface area contributed by atoms with Crippen molar-refractivity contribution >= 4 is 5.97 Å². The second-order valence-corrected chi connectivity index (χ2v) is 7.43. The van der Waals surface area contributed by atoms with E-state index in [9.17, 15) is 4.79 Å². The van der Waals surface area contributed by atoms with Crippen LogP contribution in [0.3, 0.4) is 0 Å². The van der Waals surface area contributed by atoms with E-state index in [1.165, 1.54) is 18.5 Å². The average Bonchev–Trinajstić information content (AvgIpc) is 2.46. The number of carbonyl (C=O) groups is 1. The molecule has 1 fully saturated rings. The summed E-state index contributed by atoms with van der Waals surface area (Å²) < 4.78 is 0. The number of benzene rings is 1. The van der Waals surface area contributed by atoms with Gasteiger partial charge in [-0.25, -0.2) is 4.79 Å². The summed E-state index contributed by atoms with van der Waals surface area (Å²) in [7, 11) is 0. The zero-order chi connectivity index (χ0) is 16.2. The lowest BCUT2D eigenvalue weighted by Gasteiger charge is -2.36. The molecular weight excluding hydrogens is 276 g/mol. The number of hydrogen-bond acceptors (Lipinski definition) is 3. The number of hydrogen-bond donors (Lipinski definition) is 1. The van der Waals surface area contributed by atoms with E-state index in [-0.39, 0.29) is 0 Å². The van der Waals surface area contributed by atoms with Gasteiger partial charge in [0.1, 0.15) is 0 Å². The Morgan fingerprint density at radius 1 is 1.05 bits per heavy atom. The van der Waals surface area contributed by atoms with Crippen LogP contribution in [0.1, 0.15) is 43.1 Å². The van der Waals surface area contributed by atoms with Crippen molar-refractivity contribution in [2.45, 2.75) is 33.7 Å². The highest BCUT2D eigenvalue weighted by atomic mass is 16.4. The lowest BCUT2D eigenvalue weighted by Crippen LogP contribution is -2.46. The Balaban J connectivity index is 1.76. The van der Waals surface area contributed by atoms with E-state index in [2.05, 4.69) is 30.6 Å². The van der Waals surface area contributed by atoms with Crippen molar-refractivity contribution in [1.29, 1.82) is 0 Å². The second-order valence-electron chi connectivity index (χ2n) is 7.43. The van der Waals surface area contributed by atoms with Crippen molar-refractivity contribution < 1.29 is 9.90 Å². The highest BCUT2D eigenvalue weighted by molar-refractivity contribution is 5.87. The topological polar surface area (TPSA) is 43.8 Å². The Hall–Kier alpha value is -1.39. The van der Waals surface area contributed by atoms with E-state index in [1.54, 1.807) is 12.1 Å². The standard InChI is InChI=1S/C18H28N2O2/c1-18(2,3)8-9-19-10-12-20(13-11-19)14-15-4-6-16(7-5-15)17(21)22/h4-7H,8-14H2,1-3H3,(H,21,22). The zero-order valence-corrected chi connectivity index (χ0v) is 14.0. The summed E-state index contributed by atoms with van der Waals surface area (Å²) in [5.41, 5.74) is 1.95. The maximum Gasteiger partial charge on any atom is 0.335 e. The molecule has 1 saturated heterocycles. The normalized spacial score (nSPS) is 17.6. The van der Waals surface area contributed by atoms with Crippen LogP contribution < -0.4 is 0 Å². The van der Waals surface area contributed by atoms with Gasteiger partial charge in [0.15, 0.2) is 0 Å². The fourth-order valence-electron chi connectivity index (χ4n) is 2.68. The summed E-state index contributed by atoms with van der Waals surface area (Å²) in [6.45, 7) is 13.4. The molecule has 1 aliphatic heterocycles. The summed E-state index contributed by atoms with van der Waals surface area (Å²) in [4.78, 5) is 15.9. The summed E-state index contributed by atoms with van der Waals surface area (Å²) in [6.07, 6.45) is 1.24. The molecule has 1 aromatic carbocycles. The average molecular weight is 304 g/mol. The number of piperazine rings is 1. The number of nitrogens with zero attached hydrogens (tertiary/aromatic N) is 2. The van der Waals surface area contributed by atoms with Crippen LogP contribution in [0.15, 0.2) is 24.3 Å². The van der Waals surface area contributed by atoms with Crippen LogP contribution in [0.2, 0.25) is 0 Å². The van der Waals surface area contributed by atoms with Gasteiger partial charge in [0.05, 0.1) is 5.56 Å². The van der Waals surface area contributed by atoms with Gasteiger partial charge >= 0.3 is 5.97 Å². The number of aromatic carboxylic acids is 1. The van der Waals surface area contributed by atoms with E-state index < -0.39 is 5.97 Å². The minimum Gasteiger partial charge on any atom is -0.478 e. The Bertz CT molecular complexity index is 483. The van der Waals surface area contributed by atoms with Gasteiger partial charge in [-0.1, -0.05) is 32.9 Å². The molecule has 0 spiro atoms. The fraction of sp³-hybridized carbons (Fsp3) is 0.611. The summed E-state index contributed by atoms with van der Waals surface area (Å²) in [5, 5.41) is 8.92. The largest absolute Gasteiger partial charge is 0.478 e. The number of carboxylic acids is 1. The minimum atomic E-state index is -0.862. The molecule has 0 saturated carbocycles. The summed E-state index contributed by atoms with van der Waals surface area (Å²) in [6, 6.07) is 7.24. The molecule has 0 aliphatic carbocycles. The molecule has 0 radical (unpaired) electrons. The molecule has 0 atom stereocenters. The van der Waals surface area contributed by atoms with Crippen LogP contribution in [0, 0.1) is 5.41 Å². The predicted octanol–water partition coefficient (Wildman–Crippen LogP) is 2.94. The second kappa shape index (κ2) is 7.25. The molecule has 0 unspecified atom stereocenters. The summed E-state index contributed by atoms with van der Waals surface area (Å²) in [5.74, 6) is -0.862. The molecule has 0 amide bonds. The molecule has 4 nitrogen and oxygen atoms in total. The monoisotopic (exact) mass is 304 g/mol. The fourth-order valence-corrected chi connectivity index (χ4v) is 2.68. The molecule has 1 aliphatic rings. The molecule has 1 heterocycles. The smallest absolute Gasteiger partial charge is 0.335 e. The zero-order valence-electron chi connectivity index (χ0n) is 14.0. The highest BCUT2D eigenvalue weighted by Crippen LogP contribution is 2.19. The first-order chi connectivity index (χ1) is 10.3. The van der Waals surface area contributed by atoms with Crippen molar-refractivity contribution in [2.75, 3.05) is 32.7 Å². The van der Waals surface area contributed by atoms with Crippen LogP contribution in [-0.4, -0.2) is 53.6 Å². The van der Waals surface area contributed by atoms with Crippen molar-refractivity contribution in [1.82, 2.24) is 9.80 Å². The first-order valence-corrected chi connectivity index (χ1v) is 8.10. The van der Waals surface area contributed by atoms with Crippen LogP contribution in [0.25, 0.3) is 0 Å². The lowest BCUT2D eigenvalue weighted by atomic mass is 9.92. The van der Waals surface area contributed by atoms with Gasteiger partial charge in [0.25, 0.3) is 0 Å². The predicted molar refractivity (Wildman–Crippen MR) is 89.2 cm³/mol. The quantitative estimate of drug-likeness (QED) is 0.908. The van der Waals surface area contributed by atoms with Gasteiger partial charge in [0, 0.05) is 32.7 Å². The SMILES string of the molecule is CC(C)(C)CCN1CCN(Cc2ccc(C(=O)O)cc2)CC1. The van der Waals surface area contributed by atoms with Gasteiger partial charge in [0.2, 0.25) is 0 Å². The lowest BCUT2D eigenvalue weighted by molar-refractivity contribution is 0.0697. The van der Waals surface area contributed by atoms with Crippen LogP contribution in [0.5, 0.6) is 0 Å². The van der Waals surface area contributed by atoms with Crippen molar-refractivity contribution in [3.05, 3.63) is 35.4 Å². The van der Waals surface area contributed by atoms with Crippen molar-refractivity contribution in [3.63, 3.8) is 0 Å². The molecule has 22 heavy (non-hydrogen) atoms. The van der Waals surface area contributed by atoms with Crippen LogP contribution in [0.4, 0.5) is 0 Å². The van der Waals surface area contributed by atoms with Gasteiger partial charge < -0.3 is 10.0 Å². The van der Waals surface area contributed by atoms with E-state index in [4.69, 9.17) is 5.11 Å². The molecule has 122 valence electrons. The maximum atomic E-state index is 10.9. The van der Waals surface area contributed by atoms with E-state index in [0.29, 0.717) is 11.0 Å². The summed E-state index contributed by atoms with van der Waals surface area (Å²) >= 11 is 0. The van der Waals surface area contributed by atoms with Crippen LogP contribution >= 0.6 is 0 Å². The molecule has 1 aromatic rings. The van der Waals surface area contributed by atoms with Crippen LogP contribution in [-0.2, 0) is 6.54 Å². The maximum absolute atomic E-state index is 10.9. The van der Waals surface area contributed by atoms with E-state index in [1.807, 2.05) is 12.1 Å². The van der Waals surface area contributed by atoms with Crippen molar-refractivity contribution in [3.8, 4) is 0 Å². The molecule has 0 bridgehead atoms. The highest BCUT2D eigenvalue weighted by Gasteiger charge is 2.19. The minimum absolute atomic E-state index is 0.357. The number of carboxylic acid groups (broad SMARTS) is 1. The third-order valence-electron chi connectivity index (χ3n) is 4.25. The van der Waals surface area contributed by atoms with Gasteiger partial charge in [-0.3, -0.25) is 4.90 Å². The molecule has 2 rings (SSSR count). The third-order valence-corrected chi connectivity index (χ3v) is 4.25. The van der Waals surface area contributed by atoms with E-state index in [0.717, 1.165) is 32.7 Å². The van der Waals surface area contributed by atoms with E-state index >= 15 is 0 Å². The Morgan fingerprint density at radius 3 is 2.09 bits per heavy atom. The molecular formula is C18H28N2O2. The van der Waals surface area contributed by atoms with Gasteiger partial charge in [-0.15, -0.1) is 0 Å². The molecule has 1 N–H and O–H groups in total. The Morgan fingerprint density at radius 2 is 1.59 bits per heavy atom. The van der Waals surface area contributed by atoms with Gasteiger partial charge in [-0.2, -0.15) is 0 Å². The first-order valence-electron chi connectivity index (χ1n) is 8.10. The Labute approximate surface area is 133 Å². The Kier molecular flexibility index (Phi) is 5.59. The number of rotatable bonds is 5. The first kappa shape index (κ1) is 17.0. The molecule has 4 heteroatoms. The third kappa shape index (κ3) is 5.43.